The summed E-state index contributed by atoms with van der Waals surface area (Å²) in [4.78, 5) is 24.0. The summed E-state index contributed by atoms with van der Waals surface area (Å²) in [5.74, 6) is -0.337. The summed E-state index contributed by atoms with van der Waals surface area (Å²) < 4.78 is 41.5. The largest absolute Gasteiger partial charge is 0.481 e. The normalized spacial score (nSPS) is 33.6. The highest BCUT2D eigenvalue weighted by Gasteiger charge is 2.57. The van der Waals surface area contributed by atoms with Crippen molar-refractivity contribution in [1.82, 2.24) is 10.0 Å². The Morgan fingerprint density at radius 2 is 1.76 bits per heavy atom. The van der Waals surface area contributed by atoms with Gasteiger partial charge in [0.25, 0.3) is 0 Å². The summed E-state index contributed by atoms with van der Waals surface area (Å²) in [6.45, 7) is -0.0390. The molecule has 4 bridgehead atoms. The van der Waals surface area contributed by atoms with E-state index in [4.69, 9.17) is 5.11 Å². The van der Waals surface area contributed by atoms with Crippen LogP contribution in [0.2, 0.25) is 0 Å². The Hall–Kier alpha value is -2.00. The summed E-state index contributed by atoms with van der Waals surface area (Å²) in [7, 11) is -4.04. The van der Waals surface area contributed by atoms with Gasteiger partial charge in [-0.25, -0.2) is 17.5 Å². The summed E-state index contributed by atoms with van der Waals surface area (Å²) in [6.07, 6.45) is 7.30. The molecule has 180 valence electrons. The standard InChI is InChI=1S/C24H31FN2O5S/c25-18-3-1-2-4-19(18)33(31,32)26-14-24(7-8-24)22(30)27-21-16-9-15-10-17(21)13-23(11-15,12-16)6-5-20(28)29/h1-4,15-17,21,26H,5-14H2,(H,27,30)(H,28,29). The first-order valence-corrected chi connectivity index (χ1v) is 13.4. The van der Waals surface area contributed by atoms with Crippen molar-refractivity contribution in [3.63, 3.8) is 0 Å². The zero-order valence-electron chi connectivity index (χ0n) is 18.6. The van der Waals surface area contributed by atoms with E-state index in [9.17, 15) is 22.4 Å². The van der Waals surface area contributed by atoms with Crippen molar-refractivity contribution in [1.29, 1.82) is 0 Å². The highest BCUT2D eigenvalue weighted by atomic mass is 32.2. The van der Waals surface area contributed by atoms with Crippen LogP contribution in [0.4, 0.5) is 4.39 Å². The number of hydrogen-bond acceptors (Lipinski definition) is 4. The maximum atomic E-state index is 14.0. The highest BCUT2D eigenvalue weighted by molar-refractivity contribution is 7.89. The van der Waals surface area contributed by atoms with Gasteiger partial charge in [0.05, 0.1) is 5.41 Å². The van der Waals surface area contributed by atoms with Gasteiger partial charge in [0.1, 0.15) is 10.7 Å². The third-order valence-electron chi connectivity index (χ3n) is 8.63. The quantitative estimate of drug-likeness (QED) is 0.505. The van der Waals surface area contributed by atoms with Crippen molar-refractivity contribution in [2.45, 2.75) is 68.7 Å². The molecule has 1 aromatic carbocycles. The SMILES string of the molecule is O=C(O)CCC12CC3CC(C1)C(NC(=O)C1(CNS(=O)(=O)c4ccccc4F)CC1)C(C3)C2. The fourth-order valence-electron chi connectivity index (χ4n) is 7.02. The predicted molar refractivity (Wildman–Crippen MR) is 118 cm³/mol. The number of carbonyl (C=O) groups is 2. The number of hydrogen-bond donors (Lipinski definition) is 3. The fraction of sp³-hybridized carbons (Fsp3) is 0.667. The number of halogens is 1. The topological polar surface area (TPSA) is 113 Å². The van der Waals surface area contributed by atoms with E-state index in [1.165, 1.54) is 18.2 Å². The van der Waals surface area contributed by atoms with E-state index in [1.54, 1.807) is 0 Å². The number of carboxylic acids is 1. The Balaban J connectivity index is 1.22. The summed E-state index contributed by atoms with van der Waals surface area (Å²) in [6, 6.07) is 5.29. The average Bonchev–Trinajstić information content (AvgIpc) is 3.55. The van der Waals surface area contributed by atoms with Gasteiger partial charge in [-0.15, -0.1) is 0 Å². The lowest BCUT2D eigenvalue weighted by molar-refractivity contribution is -0.140. The second-order valence-corrected chi connectivity index (χ2v) is 12.6. The maximum absolute atomic E-state index is 14.0. The summed E-state index contributed by atoms with van der Waals surface area (Å²) in [5, 5.41) is 12.4. The van der Waals surface area contributed by atoms with E-state index >= 15 is 0 Å². The molecule has 5 aliphatic rings. The lowest BCUT2D eigenvalue weighted by Crippen LogP contribution is -2.60. The van der Waals surface area contributed by atoms with E-state index in [2.05, 4.69) is 10.0 Å². The average molecular weight is 479 g/mol. The molecule has 2 atom stereocenters. The van der Waals surface area contributed by atoms with Gasteiger partial charge in [-0.05, 0) is 86.7 Å². The Kier molecular flexibility index (Phi) is 5.55. The summed E-state index contributed by atoms with van der Waals surface area (Å²) >= 11 is 0. The molecule has 5 aliphatic carbocycles. The van der Waals surface area contributed by atoms with Gasteiger partial charge in [-0.2, -0.15) is 0 Å². The van der Waals surface area contributed by atoms with Crippen LogP contribution in [0.5, 0.6) is 0 Å². The molecule has 6 rings (SSSR count). The van der Waals surface area contributed by atoms with E-state index in [-0.39, 0.29) is 30.3 Å². The van der Waals surface area contributed by atoms with Crippen LogP contribution in [0.25, 0.3) is 0 Å². The van der Waals surface area contributed by atoms with Crippen molar-refractivity contribution in [3.8, 4) is 0 Å². The summed E-state index contributed by atoms with van der Waals surface area (Å²) in [5.41, 5.74) is -0.670. The minimum Gasteiger partial charge on any atom is -0.481 e. The molecule has 0 heterocycles. The first-order chi connectivity index (χ1) is 15.6. The van der Waals surface area contributed by atoms with E-state index in [0.717, 1.165) is 38.2 Å². The van der Waals surface area contributed by atoms with Crippen LogP contribution in [-0.4, -0.2) is 38.0 Å². The molecule has 1 amide bonds. The van der Waals surface area contributed by atoms with E-state index < -0.39 is 32.1 Å². The van der Waals surface area contributed by atoms with Gasteiger partial charge in [0.15, 0.2) is 0 Å². The molecule has 0 radical (unpaired) electrons. The third-order valence-corrected chi connectivity index (χ3v) is 10.1. The molecule has 33 heavy (non-hydrogen) atoms. The number of carbonyl (C=O) groups excluding carboxylic acids is 1. The zero-order chi connectivity index (χ0) is 23.4. The first kappa shape index (κ1) is 22.8. The molecule has 5 fully saturated rings. The molecular formula is C24H31FN2O5S. The van der Waals surface area contributed by atoms with Crippen molar-refractivity contribution in [3.05, 3.63) is 30.1 Å². The lowest BCUT2D eigenvalue weighted by atomic mass is 9.47. The van der Waals surface area contributed by atoms with E-state index in [1.807, 2.05) is 0 Å². The number of amides is 1. The van der Waals surface area contributed by atoms with E-state index in [0.29, 0.717) is 37.0 Å². The number of aliphatic carboxylic acids is 1. The Labute approximate surface area is 193 Å². The highest BCUT2D eigenvalue weighted by Crippen LogP contribution is 2.62. The smallest absolute Gasteiger partial charge is 0.303 e. The second kappa shape index (κ2) is 8.05. The zero-order valence-corrected chi connectivity index (χ0v) is 19.4. The van der Waals surface area contributed by atoms with Crippen LogP contribution in [0.15, 0.2) is 29.2 Å². The van der Waals surface area contributed by atoms with Crippen LogP contribution in [0.1, 0.15) is 57.8 Å². The minimum atomic E-state index is -4.04. The second-order valence-electron chi connectivity index (χ2n) is 10.9. The minimum absolute atomic E-state index is 0.0390. The van der Waals surface area contributed by atoms with Crippen LogP contribution in [0.3, 0.4) is 0 Å². The third kappa shape index (κ3) is 4.30. The van der Waals surface area contributed by atoms with Gasteiger partial charge in [-0.3, -0.25) is 9.59 Å². The van der Waals surface area contributed by atoms with Crippen molar-refractivity contribution in [2.24, 2.45) is 28.6 Å². The molecular weight excluding hydrogens is 447 g/mol. The number of benzene rings is 1. The molecule has 0 aliphatic heterocycles. The molecule has 0 saturated heterocycles. The van der Waals surface area contributed by atoms with Gasteiger partial charge in [-0.1, -0.05) is 12.1 Å². The van der Waals surface area contributed by atoms with Gasteiger partial charge < -0.3 is 10.4 Å². The lowest BCUT2D eigenvalue weighted by Gasteiger charge is -2.60. The Morgan fingerprint density at radius 1 is 1.09 bits per heavy atom. The number of nitrogens with one attached hydrogen (secondary N) is 2. The molecule has 5 saturated carbocycles. The number of carboxylic acid groups (broad SMARTS) is 1. The van der Waals surface area contributed by atoms with Crippen molar-refractivity contribution >= 4 is 21.9 Å². The monoisotopic (exact) mass is 478 g/mol. The van der Waals surface area contributed by atoms with Crippen LogP contribution < -0.4 is 10.0 Å². The molecule has 1 aromatic rings. The molecule has 2 unspecified atom stereocenters. The Bertz CT molecular complexity index is 1050. The Morgan fingerprint density at radius 3 is 2.36 bits per heavy atom. The van der Waals surface area contributed by atoms with Crippen LogP contribution in [0, 0.1) is 34.4 Å². The van der Waals surface area contributed by atoms with Crippen LogP contribution >= 0.6 is 0 Å². The van der Waals surface area contributed by atoms with Crippen molar-refractivity contribution < 1.29 is 27.5 Å². The predicted octanol–water partition coefficient (Wildman–Crippen LogP) is 3.06. The maximum Gasteiger partial charge on any atom is 0.303 e. The van der Waals surface area contributed by atoms with Crippen molar-refractivity contribution in [2.75, 3.05) is 6.54 Å². The molecule has 0 spiro atoms. The molecule has 7 nitrogen and oxygen atoms in total. The molecule has 0 aromatic heterocycles. The molecule has 3 N–H and O–H groups in total. The first-order valence-electron chi connectivity index (χ1n) is 11.9. The fourth-order valence-corrected chi connectivity index (χ4v) is 8.22. The van der Waals surface area contributed by atoms with Gasteiger partial charge in [0.2, 0.25) is 15.9 Å². The molecule has 9 heteroatoms. The number of rotatable bonds is 9. The van der Waals surface area contributed by atoms with Gasteiger partial charge >= 0.3 is 5.97 Å². The number of sulfonamides is 1. The van der Waals surface area contributed by atoms with Gasteiger partial charge in [0, 0.05) is 19.0 Å². The van der Waals surface area contributed by atoms with Crippen LogP contribution in [-0.2, 0) is 19.6 Å².